The monoisotopic (exact) mass is 252 g/mol. The first-order chi connectivity index (χ1) is 8.61. The Morgan fingerprint density at radius 2 is 2.11 bits per heavy atom. The summed E-state index contributed by atoms with van der Waals surface area (Å²) in [5.41, 5.74) is 5.74. The molecular formula is C14H24N2O2. The van der Waals surface area contributed by atoms with Crippen molar-refractivity contribution in [2.45, 2.75) is 63.6 Å². The van der Waals surface area contributed by atoms with Gasteiger partial charge in [0.25, 0.3) is 0 Å². The Hall–Kier alpha value is -0.610. The zero-order valence-electron chi connectivity index (χ0n) is 11.2. The number of ether oxygens (including phenoxy) is 1. The molecule has 0 spiro atoms. The molecule has 3 aliphatic rings. The van der Waals surface area contributed by atoms with Gasteiger partial charge in [0, 0.05) is 12.6 Å². The lowest BCUT2D eigenvalue weighted by Gasteiger charge is -2.30. The fourth-order valence-corrected chi connectivity index (χ4v) is 3.46. The normalized spacial score (nSPS) is 44.2. The molecular weight excluding hydrogens is 228 g/mol. The highest BCUT2D eigenvalue weighted by Crippen LogP contribution is 2.40. The Balaban J connectivity index is 1.63. The van der Waals surface area contributed by atoms with Crippen LogP contribution in [0.25, 0.3) is 0 Å². The third-order valence-corrected chi connectivity index (χ3v) is 5.09. The van der Waals surface area contributed by atoms with Gasteiger partial charge in [0.15, 0.2) is 0 Å². The predicted octanol–water partition coefficient (Wildman–Crippen LogP) is 1.19. The van der Waals surface area contributed by atoms with E-state index < -0.39 is 0 Å². The third kappa shape index (κ3) is 2.05. The summed E-state index contributed by atoms with van der Waals surface area (Å²) in [7, 11) is 0. The SMILES string of the molecule is CC1(C(=O)NC2CCOC2C2CC2)CCCC1N. The molecule has 18 heavy (non-hydrogen) atoms. The molecule has 2 saturated carbocycles. The minimum absolute atomic E-state index is 0.0131. The van der Waals surface area contributed by atoms with Crippen molar-refractivity contribution in [3.05, 3.63) is 0 Å². The molecule has 0 aromatic carbocycles. The van der Waals surface area contributed by atoms with E-state index in [0.29, 0.717) is 5.92 Å². The average molecular weight is 252 g/mol. The average Bonchev–Trinajstić information content (AvgIpc) is 2.99. The number of carbonyl (C=O) groups excluding carboxylic acids is 1. The van der Waals surface area contributed by atoms with Gasteiger partial charge in [-0.05, 0) is 44.9 Å². The van der Waals surface area contributed by atoms with Crippen molar-refractivity contribution in [2.24, 2.45) is 17.1 Å². The topological polar surface area (TPSA) is 64.3 Å². The van der Waals surface area contributed by atoms with Crippen LogP contribution in [0.4, 0.5) is 0 Å². The molecule has 3 fully saturated rings. The molecule has 0 radical (unpaired) electrons. The van der Waals surface area contributed by atoms with Crippen molar-refractivity contribution < 1.29 is 9.53 Å². The predicted molar refractivity (Wildman–Crippen MR) is 68.9 cm³/mol. The molecule has 1 amide bonds. The summed E-state index contributed by atoms with van der Waals surface area (Å²) in [6, 6.07) is 0.230. The quantitative estimate of drug-likeness (QED) is 0.793. The van der Waals surface area contributed by atoms with Crippen LogP contribution in [0.2, 0.25) is 0 Å². The Morgan fingerprint density at radius 3 is 2.72 bits per heavy atom. The van der Waals surface area contributed by atoms with E-state index in [1.54, 1.807) is 0 Å². The molecule has 0 aromatic heterocycles. The fraction of sp³-hybridized carbons (Fsp3) is 0.929. The second-order valence-electron chi connectivity index (χ2n) is 6.46. The Kier molecular flexibility index (Phi) is 3.10. The van der Waals surface area contributed by atoms with E-state index in [0.717, 1.165) is 32.3 Å². The van der Waals surface area contributed by atoms with Gasteiger partial charge in [-0.1, -0.05) is 6.42 Å². The molecule has 4 atom stereocenters. The van der Waals surface area contributed by atoms with Crippen LogP contribution in [0.1, 0.15) is 45.4 Å². The molecule has 4 unspecified atom stereocenters. The summed E-state index contributed by atoms with van der Waals surface area (Å²) in [5.74, 6) is 0.830. The standard InChI is InChI=1S/C14H24N2O2/c1-14(7-2-3-11(14)15)13(17)16-10-6-8-18-12(10)9-4-5-9/h9-12H,2-8,15H2,1H3,(H,16,17). The molecule has 1 saturated heterocycles. The molecule has 102 valence electrons. The van der Waals surface area contributed by atoms with E-state index in [1.165, 1.54) is 12.8 Å². The van der Waals surface area contributed by atoms with Crippen LogP contribution in [0, 0.1) is 11.3 Å². The van der Waals surface area contributed by atoms with Gasteiger partial charge >= 0.3 is 0 Å². The first kappa shape index (κ1) is 12.4. The molecule has 0 aromatic rings. The molecule has 0 bridgehead atoms. The number of nitrogens with one attached hydrogen (secondary N) is 1. The largest absolute Gasteiger partial charge is 0.376 e. The van der Waals surface area contributed by atoms with Crippen molar-refractivity contribution in [2.75, 3.05) is 6.61 Å². The maximum atomic E-state index is 12.5. The van der Waals surface area contributed by atoms with Crippen LogP contribution in [-0.4, -0.2) is 30.7 Å². The zero-order valence-corrected chi connectivity index (χ0v) is 11.2. The molecule has 1 aliphatic heterocycles. The van der Waals surface area contributed by atoms with Gasteiger partial charge in [0.2, 0.25) is 5.91 Å². The summed E-state index contributed by atoms with van der Waals surface area (Å²) >= 11 is 0. The van der Waals surface area contributed by atoms with Crippen molar-refractivity contribution in [3.8, 4) is 0 Å². The zero-order chi connectivity index (χ0) is 12.8. The first-order valence-electron chi connectivity index (χ1n) is 7.29. The molecule has 4 heteroatoms. The Bertz CT molecular complexity index is 343. The molecule has 1 heterocycles. The van der Waals surface area contributed by atoms with Crippen LogP contribution in [-0.2, 0) is 9.53 Å². The number of amides is 1. The molecule has 2 aliphatic carbocycles. The van der Waals surface area contributed by atoms with Crippen molar-refractivity contribution in [3.63, 3.8) is 0 Å². The second kappa shape index (κ2) is 4.49. The lowest BCUT2D eigenvalue weighted by atomic mass is 9.83. The van der Waals surface area contributed by atoms with Crippen molar-refractivity contribution in [1.29, 1.82) is 0 Å². The van der Waals surface area contributed by atoms with E-state index >= 15 is 0 Å². The second-order valence-corrected chi connectivity index (χ2v) is 6.46. The molecule has 3 N–H and O–H groups in total. The number of carbonyl (C=O) groups is 1. The van der Waals surface area contributed by atoms with Crippen molar-refractivity contribution in [1.82, 2.24) is 5.32 Å². The maximum absolute atomic E-state index is 12.5. The van der Waals surface area contributed by atoms with Gasteiger partial charge in [-0.25, -0.2) is 0 Å². The van der Waals surface area contributed by atoms with E-state index in [1.807, 2.05) is 6.92 Å². The smallest absolute Gasteiger partial charge is 0.227 e. The van der Waals surface area contributed by atoms with Crippen LogP contribution in [0.5, 0.6) is 0 Å². The Labute approximate surface area is 109 Å². The molecule has 4 nitrogen and oxygen atoms in total. The van der Waals surface area contributed by atoms with Gasteiger partial charge in [-0.15, -0.1) is 0 Å². The summed E-state index contributed by atoms with van der Waals surface area (Å²) in [6.07, 6.45) is 6.69. The molecule has 3 rings (SSSR count). The van der Waals surface area contributed by atoms with Crippen LogP contribution < -0.4 is 11.1 Å². The lowest BCUT2D eigenvalue weighted by Crippen LogP contribution is -2.52. The van der Waals surface area contributed by atoms with Crippen molar-refractivity contribution >= 4 is 5.91 Å². The van der Waals surface area contributed by atoms with Crippen LogP contribution in [0.15, 0.2) is 0 Å². The lowest BCUT2D eigenvalue weighted by molar-refractivity contribution is -0.131. The number of hydrogen-bond acceptors (Lipinski definition) is 3. The van der Waals surface area contributed by atoms with E-state index in [2.05, 4.69) is 5.32 Å². The van der Waals surface area contributed by atoms with Gasteiger partial charge < -0.3 is 15.8 Å². The number of hydrogen-bond donors (Lipinski definition) is 2. The van der Waals surface area contributed by atoms with Crippen LogP contribution in [0.3, 0.4) is 0 Å². The number of rotatable bonds is 3. The van der Waals surface area contributed by atoms with Crippen LogP contribution >= 0.6 is 0 Å². The first-order valence-corrected chi connectivity index (χ1v) is 7.29. The van der Waals surface area contributed by atoms with Gasteiger partial charge in [0.1, 0.15) is 0 Å². The fourth-order valence-electron chi connectivity index (χ4n) is 3.46. The highest BCUT2D eigenvalue weighted by molar-refractivity contribution is 5.83. The summed E-state index contributed by atoms with van der Waals surface area (Å²) in [5, 5.41) is 3.22. The van der Waals surface area contributed by atoms with Gasteiger partial charge in [-0.2, -0.15) is 0 Å². The minimum atomic E-state index is -0.364. The summed E-state index contributed by atoms with van der Waals surface area (Å²) < 4.78 is 5.77. The summed E-state index contributed by atoms with van der Waals surface area (Å²) in [6.45, 7) is 2.80. The maximum Gasteiger partial charge on any atom is 0.227 e. The summed E-state index contributed by atoms with van der Waals surface area (Å²) in [4.78, 5) is 12.5. The van der Waals surface area contributed by atoms with E-state index in [9.17, 15) is 4.79 Å². The third-order valence-electron chi connectivity index (χ3n) is 5.09. The highest BCUT2D eigenvalue weighted by atomic mass is 16.5. The van der Waals surface area contributed by atoms with Gasteiger partial charge in [-0.3, -0.25) is 4.79 Å². The van der Waals surface area contributed by atoms with Gasteiger partial charge in [0.05, 0.1) is 17.6 Å². The Morgan fingerprint density at radius 1 is 1.33 bits per heavy atom. The highest BCUT2D eigenvalue weighted by Gasteiger charge is 2.46. The number of nitrogens with two attached hydrogens (primary N) is 1. The van der Waals surface area contributed by atoms with E-state index in [4.69, 9.17) is 10.5 Å². The minimum Gasteiger partial charge on any atom is -0.376 e. The van der Waals surface area contributed by atoms with E-state index in [-0.39, 0.29) is 29.5 Å².